The van der Waals surface area contributed by atoms with Crippen LogP contribution < -0.4 is 5.56 Å². The fourth-order valence-corrected chi connectivity index (χ4v) is 2.78. The zero-order valence-corrected chi connectivity index (χ0v) is 14.5. The van der Waals surface area contributed by atoms with Crippen molar-refractivity contribution in [1.82, 2.24) is 19.7 Å². The van der Waals surface area contributed by atoms with Crippen LogP contribution in [0.1, 0.15) is 17.9 Å². The van der Waals surface area contributed by atoms with Gasteiger partial charge in [-0.3, -0.25) is 9.36 Å². The number of hydrogen-bond donors (Lipinski definition) is 0. The lowest BCUT2D eigenvalue weighted by molar-refractivity contribution is 0.116. The summed E-state index contributed by atoms with van der Waals surface area (Å²) < 4.78 is 31.7. The Bertz CT molecular complexity index is 1140. The molecule has 2 aromatic heterocycles. The molecule has 4 rings (SSSR count). The highest BCUT2D eigenvalue weighted by molar-refractivity contribution is 5.55. The maximum atomic E-state index is 12.6. The van der Waals surface area contributed by atoms with E-state index in [0.29, 0.717) is 17.9 Å². The van der Waals surface area contributed by atoms with Gasteiger partial charge < -0.3 is 4.42 Å². The third kappa shape index (κ3) is 3.57. The van der Waals surface area contributed by atoms with Crippen molar-refractivity contribution in [3.05, 3.63) is 88.7 Å². The van der Waals surface area contributed by atoms with Crippen LogP contribution in [0.2, 0.25) is 0 Å². The fourth-order valence-electron chi connectivity index (χ4n) is 2.78. The molecule has 0 unspecified atom stereocenters. The normalized spacial score (nSPS) is 11.1. The molecule has 0 fully saturated rings. The van der Waals surface area contributed by atoms with Gasteiger partial charge in [-0.15, -0.1) is 10.2 Å². The lowest BCUT2D eigenvalue weighted by Gasteiger charge is -2.12. The number of hydrogen-bond acceptors (Lipinski definition) is 5. The molecule has 0 amide bonds. The van der Waals surface area contributed by atoms with Crippen LogP contribution in [0.15, 0.2) is 76.1 Å². The molecule has 0 saturated heterocycles. The van der Waals surface area contributed by atoms with Gasteiger partial charge in [0.05, 0.1) is 6.54 Å². The van der Waals surface area contributed by atoms with E-state index in [1.54, 1.807) is 28.8 Å². The second-order valence-electron chi connectivity index (χ2n) is 6.00. The number of nitrogens with zero attached hydrogens (tertiary/aromatic N) is 4. The van der Waals surface area contributed by atoms with E-state index >= 15 is 0 Å². The van der Waals surface area contributed by atoms with Gasteiger partial charge in [-0.2, -0.15) is 8.78 Å². The summed E-state index contributed by atoms with van der Waals surface area (Å²) in [6.07, 6.45) is -1.32. The van der Waals surface area contributed by atoms with E-state index < -0.39 is 12.3 Å². The van der Waals surface area contributed by atoms with Crippen LogP contribution in [0.5, 0.6) is 0 Å². The zero-order chi connectivity index (χ0) is 19.5. The van der Waals surface area contributed by atoms with Gasteiger partial charge in [0.1, 0.15) is 5.82 Å². The SMILES string of the molecule is O=c1ccnc(-c2ccccc2)n1Cc1ccc(-c2nnc(C(F)F)o2)cc1. The topological polar surface area (TPSA) is 73.8 Å². The summed E-state index contributed by atoms with van der Waals surface area (Å²) in [6.45, 7) is 0.309. The Morgan fingerprint density at radius 3 is 2.36 bits per heavy atom. The van der Waals surface area contributed by atoms with Gasteiger partial charge in [-0.05, 0) is 17.7 Å². The average molecular weight is 380 g/mol. The van der Waals surface area contributed by atoms with Gasteiger partial charge in [0, 0.05) is 23.4 Å². The first-order valence-corrected chi connectivity index (χ1v) is 8.44. The van der Waals surface area contributed by atoms with E-state index in [0.717, 1.165) is 11.1 Å². The van der Waals surface area contributed by atoms with Crippen LogP contribution in [0.3, 0.4) is 0 Å². The molecule has 0 saturated carbocycles. The number of aromatic nitrogens is 4. The van der Waals surface area contributed by atoms with Gasteiger partial charge in [0.2, 0.25) is 5.89 Å². The van der Waals surface area contributed by atoms with Crippen molar-refractivity contribution in [2.24, 2.45) is 0 Å². The average Bonchev–Trinajstić information content (AvgIpc) is 3.21. The molecule has 28 heavy (non-hydrogen) atoms. The van der Waals surface area contributed by atoms with E-state index in [-0.39, 0.29) is 11.4 Å². The van der Waals surface area contributed by atoms with Gasteiger partial charge in [0.25, 0.3) is 11.4 Å². The minimum Gasteiger partial charge on any atom is -0.415 e. The summed E-state index contributed by atoms with van der Waals surface area (Å²) in [6, 6.07) is 17.7. The lowest BCUT2D eigenvalue weighted by Crippen LogP contribution is -2.22. The van der Waals surface area contributed by atoms with E-state index in [1.165, 1.54) is 12.3 Å². The fraction of sp³-hybridized carbons (Fsp3) is 0.100. The van der Waals surface area contributed by atoms with Crippen LogP contribution in [-0.4, -0.2) is 19.7 Å². The molecule has 0 aliphatic rings. The van der Waals surface area contributed by atoms with Crippen molar-refractivity contribution in [2.75, 3.05) is 0 Å². The van der Waals surface area contributed by atoms with Crippen molar-refractivity contribution >= 4 is 0 Å². The summed E-state index contributed by atoms with van der Waals surface area (Å²) >= 11 is 0. The third-order valence-electron chi connectivity index (χ3n) is 4.14. The van der Waals surface area contributed by atoms with E-state index in [4.69, 9.17) is 4.42 Å². The van der Waals surface area contributed by atoms with Gasteiger partial charge in [-0.1, -0.05) is 42.5 Å². The van der Waals surface area contributed by atoms with Crippen LogP contribution in [-0.2, 0) is 6.54 Å². The predicted octanol–water partition coefficient (Wildman–Crippen LogP) is 3.95. The van der Waals surface area contributed by atoms with Crippen LogP contribution in [0, 0.1) is 0 Å². The molecule has 0 N–H and O–H groups in total. The second kappa shape index (κ2) is 7.51. The summed E-state index contributed by atoms with van der Waals surface area (Å²) in [5.74, 6) is -0.130. The van der Waals surface area contributed by atoms with E-state index in [2.05, 4.69) is 15.2 Å². The predicted molar refractivity (Wildman–Crippen MR) is 97.7 cm³/mol. The smallest absolute Gasteiger partial charge is 0.314 e. The van der Waals surface area contributed by atoms with E-state index in [1.807, 2.05) is 30.3 Å². The van der Waals surface area contributed by atoms with Crippen LogP contribution in [0.4, 0.5) is 8.78 Å². The lowest BCUT2D eigenvalue weighted by atomic mass is 10.1. The highest BCUT2D eigenvalue weighted by Crippen LogP contribution is 2.24. The zero-order valence-electron chi connectivity index (χ0n) is 14.5. The van der Waals surface area contributed by atoms with Crippen LogP contribution >= 0.6 is 0 Å². The first kappa shape index (κ1) is 17.7. The molecule has 6 nitrogen and oxygen atoms in total. The molecule has 2 heterocycles. The molecule has 8 heteroatoms. The Balaban J connectivity index is 1.63. The maximum absolute atomic E-state index is 12.6. The molecule has 4 aromatic rings. The number of halogens is 2. The Morgan fingerprint density at radius 2 is 1.68 bits per heavy atom. The molecule has 2 aromatic carbocycles. The van der Waals surface area contributed by atoms with E-state index in [9.17, 15) is 13.6 Å². The first-order chi connectivity index (χ1) is 13.6. The molecular formula is C20H14F2N4O2. The number of benzene rings is 2. The highest BCUT2D eigenvalue weighted by Gasteiger charge is 2.17. The summed E-state index contributed by atoms with van der Waals surface area (Å²) in [7, 11) is 0. The molecular weight excluding hydrogens is 366 g/mol. The Labute approximate surface area is 158 Å². The van der Waals surface area contributed by atoms with Crippen molar-refractivity contribution < 1.29 is 13.2 Å². The summed E-state index contributed by atoms with van der Waals surface area (Å²) in [5, 5.41) is 6.95. The van der Waals surface area contributed by atoms with Crippen molar-refractivity contribution in [3.63, 3.8) is 0 Å². The molecule has 0 aliphatic carbocycles. The largest absolute Gasteiger partial charge is 0.415 e. The first-order valence-electron chi connectivity index (χ1n) is 8.44. The highest BCUT2D eigenvalue weighted by atomic mass is 19.3. The Kier molecular flexibility index (Phi) is 4.76. The van der Waals surface area contributed by atoms with Crippen molar-refractivity contribution in [2.45, 2.75) is 13.0 Å². The molecule has 0 bridgehead atoms. The molecule has 0 aliphatic heterocycles. The minimum absolute atomic E-state index is 0.0189. The maximum Gasteiger partial charge on any atom is 0.314 e. The Hall–Kier alpha value is -3.68. The molecule has 140 valence electrons. The van der Waals surface area contributed by atoms with Gasteiger partial charge in [-0.25, -0.2) is 4.98 Å². The minimum atomic E-state index is -2.81. The van der Waals surface area contributed by atoms with Crippen molar-refractivity contribution in [3.8, 4) is 22.8 Å². The number of alkyl halides is 2. The molecule has 0 spiro atoms. The third-order valence-corrected chi connectivity index (χ3v) is 4.14. The molecule has 0 atom stereocenters. The standard InChI is InChI=1S/C20H14F2N4O2/c21-17(22)20-25-24-19(28-20)15-8-6-13(7-9-15)12-26-16(27)10-11-23-18(26)14-4-2-1-3-5-14/h1-11,17H,12H2. The van der Waals surface area contributed by atoms with Gasteiger partial charge in [0.15, 0.2) is 0 Å². The van der Waals surface area contributed by atoms with Crippen molar-refractivity contribution in [1.29, 1.82) is 0 Å². The summed E-state index contributed by atoms with van der Waals surface area (Å²) in [5.41, 5.74) is 2.02. The van der Waals surface area contributed by atoms with Crippen LogP contribution in [0.25, 0.3) is 22.8 Å². The second-order valence-corrected chi connectivity index (χ2v) is 6.00. The summed E-state index contributed by atoms with van der Waals surface area (Å²) in [4.78, 5) is 16.7. The quantitative estimate of drug-likeness (QED) is 0.524. The van der Waals surface area contributed by atoms with Gasteiger partial charge >= 0.3 is 6.43 Å². The number of rotatable bonds is 5. The monoisotopic (exact) mass is 380 g/mol. The molecule has 0 radical (unpaired) electrons. The Morgan fingerprint density at radius 1 is 0.929 bits per heavy atom.